The summed E-state index contributed by atoms with van der Waals surface area (Å²) in [6, 6.07) is 1.29. The molecule has 2 fully saturated rings. The molecule has 23 heavy (non-hydrogen) atoms. The van der Waals surface area contributed by atoms with E-state index in [4.69, 9.17) is 11.6 Å². The Morgan fingerprint density at radius 3 is 2.74 bits per heavy atom. The average Bonchev–Trinajstić information content (AvgIpc) is 3.24. The third-order valence-corrected chi connectivity index (χ3v) is 4.32. The number of amides is 3. The number of nitrogens with zero attached hydrogens (tertiary/aromatic N) is 1. The van der Waals surface area contributed by atoms with E-state index in [0.29, 0.717) is 31.6 Å². The highest BCUT2D eigenvalue weighted by Crippen LogP contribution is 2.32. The quantitative estimate of drug-likeness (QED) is 0.883. The Labute approximate surface area is 137 Å². The Bertz CT molecular complexity index is 629. The minimum absolute atomic E-state index is 0.0439. The number of benzene rings is 1. The number of carbonyl (C=O) groups is 2. The second-order valence-corrected chi connectivity index (χ2v) is 6.33. The third kappa shape index (κ3) is 3.72. The van der Waals surface area contributed by atoms with Crippen LogP contribution in [0.2, 0.25) is 5.02 Å². The maximum absolute atomic E-state index is 13.6. The predicted octanol–water partition coefficient (Wildman–Crippen LogP) is 2.75. The van der Waals surface area contributed by atoms with Gasteiger partial charge in [0.15, 0.2) is 5.82 Å². The summed E-state index contributed by atoms with van der Waals surface area (Å²) in [5, 5.41) is 4.65. The minimum Gasteiger partial charge on any atom is -0.339 e. The van der Waals surface area contributed by atoms with Gasteiger partial charge in [0.2, 0.25) is 5.91 Å². The fourth-order valence-corrected chi connectivity index (χ4v) is 2.98. The standard InChI is InChI=1S/C15H16ClF2N3O2/c16-11-4-9(17)5-12(18)14(11)20-15(23)19-6-8-3-13(22)21(7-8)10-1-2-10/h4-5,8,10H,1-3,6-7H2,(H2,19,20,23). The second-order valence-electron chi connectivity index (χ2n) is 5.93. The van der Waals surface area contributed by atoms with Gasteiger partial charge in [-0.2, -0.15) is 0 Å². The first kappa shape index (κ1) is 16.0. The van der Waals surface area contributed by atoms with Crippen molar-refractivity contribution in [2.24, 2.45) is 5.92 Å². The van der Waals surface area contributed by atoms with Crippen LogP contribution in [0.5, 0.6) is 0 Å². The number of hydrogen-bond acceptors (Lipinski definition) is 2. The Morgan fingerprint density at radius 1 is 1.35 bits per heavy atom. The van der Waals surface area contributed by atoms with Crippen LogP contribution in [0.1, 0.15) is 19.3 Å². The lowest BCUT2D eigenvalue weighted by Crippen LogP contribution is -2.34. The zero-order valence-corrected chi connectivity index (χ0v) is 13.0. The van der Waals surface area contributed by atoms with Gasteiger partial charge < -0.3 is 15.5 Å². The van der Waals surface area contributed by atoms with Crippen molar-refractivity contribution in [3.63, 3.8) is 0 Å². The van der Waals surface area contributed by atoms with Crippen LogP contribution in [-0.4, -0.2) is 36.0 Å². The number of hydrogen-bond donors (Lipinski definition) is 2. The van der Waals surface area contributed by atoms with Crippen molar-refractivity contribution in [3.8, 4) is 0 Å². The van der Waals surface area contributed by atoms with Gasteiger partial charge in [0.05, 0.1) is 10.7 Å². The summed E-state index contributed by atoms with van der Waals surface area (Å²) in [5.41, 5.74) is -0.271. The zero-order chi connectivity index (χ0) is 16.6. The van der Waals surface area contributed by atoms with E-state index >= 15 is 0 Å². The van der Waals surface area contributed by atoms with Gasteiger partial charge in [-0.1, -0.05) is 11.6 Å². The molecule has 124 valence electrons. The first-order chi connectivity index (χ1) is 10.9. The van der Waals surface area contributed by atoms with Crippen molar-refractivity contribution < 1.29 is 18.4 Å². The van der Waals surface area contributed by atoms with Gasteiger partial charge in [0.1, 0.15) is 5.82 Å². The van der Waals surface area contributed by atoms with Crippen LogP contribution in [0, 0.1) is 17.6 Å². The van der Waals surface area contributed by atoms with Crippen LogP contribution in [0.4, 0.5) is 19.3 Å². The summed E-state index contributed by atoms with van der Waals surface area (Å²) in [5.74, 6) is -1.60. The Morgan fingerprint density at radius 2 is 2.09 bits per heavy atom. The summed E-state index contributed by atoms with van der Waals surface area (Å²) in [6.45, 7) is 0.941. The molecule has 1 saturated carbocycles. The Balaban J connectivity index is 1.51. The van der Waals surface area contributed by atoms with Crippen LogP contribution < -0.4 is 10.6 Å². The van der Waals surface area contributed by atoms with E-state index in [1.54, 1.807) is 0 Å². The maximum Gasteiger partial charge on any atom is 0.319 e. The number of likely N-dealkylation sites (tertiary alicyclic amines) is 1. The van der Waals surface area contributed by atoms with Crippen LogP contribution in [-0.2, 0) is 4.79 Å². The Hall–Kier alpha value is -1.89. The minimum atomic E-state index is -0.943. The van der Waals surface area contributed by atoms with Crippen LogP contribution >= 0.6 is 11.6 Å². The van der Waals surface area contributed by atoms with Gasteiger partial charge in [-0.25, -0.2) is 13.6 Å². The van der Waals surface area contributed by atoms with Crippen molar-refractivity contribution in [1.29, 1.82) is 0 Å². The molecule has 1 unspecified atom stereocenters. The van der Waals surface area contributed by atoms with Gasteiger partial charge in [-0.3, -0.25) is 4.79 Å². The number of urea groups is 1. The molecule has 2 aliphatic rings. The van der Waals surface area contributed by atoms with Crippen molar-refractivity contribution in [1.82, 2.24) is 10.2 Å². The molecule has 1 heterocycles. The van der Waals surface area contributed by atoms with Gasteiger partial charge in [0.25, 0.3) is 0 Å². The lowest BCUT2D eigenvalue weighted by atomic mass is 10.1. The van der Waals surface area contributed by atoms with Crippen LogP contribution in [0.3, 0.4) is 0 Å². The van der Waals surface area contributed by atoms with E-state index in [9.17, 15) is 18.4 Å². The molecule has 1 aliphatic heterocycles. The SMILES string of the molecule is O=C(NCC1CC(=O)N(C2CC2)C1)Nc1c(F)cc(F)cc1Cl. The number of rotatable bonds is 4. The first-order valence-electron chi connectivity index (χ1n) is 7.43. The van der Waals surface area contributed by atoms with E-state index in [0.717, 1.165) is 18.9 Å². The zero-order valence-electron chi connectivity index (χ0n) is 12.2. The highest BCUT2D eigenvalue weighted by Gasteiger charge is 2.39. The van der Waals surface area contributed by atoms with E-state index in [1.807, 2.05) is 4.90 Å². The van der Waals surface area contributed by atoms with Crippen molar-refractivity contribution >= 4 is 29.2 Å². The number of halogens is 3. The summed E-state index contributed by atoms with van der Waals surface area (Å²) >= 11 is 5.71. The van der Waals surface area contributed by atoms with Gasteiger partial charge in [0, 0.05) is 37.5 Å². The molecular formula is C15H16ClF2N3O2. The van der Waals surface area contributed by atoms with E-state index < -0.39 is 17.7 Å². The van der Waals surface area contributed by atoms with E-state index in [2.05, 4.69) is 10.6 Å². The topological polar surface area (TPSA) is 61.4 Å². The summed E-state index contributed by atoms with van der Waals surface area (Å²) in [7, 11) is 0. The molecule has 5 nitrogen and oxygen atoms in total. The molecule has 0 spiro atoms. The van der Waals surface area contributed by atoms with Crippen LogP contribution in [0.25, 0.3) is 0 Å². The van der Waals surface area contributed by atoms with Crippen LogP contribution in [0.15, 0.2) is 12.1 Å². The average molecular weight is 344 g/mol. The normalized spacial score (nSPS) is 20.7. The first-order valence-corrected chi connectivity index (χ1v) is 7.80. The molecule has 1 aromatic carbocycles. The molecular weight excluding hydrogens is 328 g/mol. The van der Waals surface area contributed by atoms with Gasteiger partial charge in [-0.15, -0.1) is 0 Å². The Kier molecular flexibility index (Phi) is 4.39. The highest BCUT2D eigenvalue weighted by molar-refractivity contribution is 6.33. The fourth-order valence-electron chi connectivity index (χ4n) is 2.74. The number of nitrogens with one attached hydrogen (secondary N) is 2. The molecule has 0 bridgehead atoms. The molecule has 0 radical (unpaired) electrons. The van der Waals surface area contributed by atoms with Gasteiger partial charge >= 0.3 is 6.03 Å². The molecule has 1 saturated heterocycles. The third-order valence-electron chi connectivity index (χ3n) is 4.02. The van der Waals surface area contributed by atoms with Crippen molar-refractivity contribution in [2.75, 3.05) is 18.4 Å². The van der Waals surface area contributed by atoms with E-state index in [-0.39, 0.29) is 22.5 Å². The number of carbonyl (C=O) groups excluding carboxylic acids is 2. The molecule has 3 rings (SSSR count). The molecule has 1 aromatic rings. The largest absolute Gasteiger partial charge is 0.339 e. The summed E-state index contributed by atoms with van der Waals surface area (Å²) in [4.78, 5) is 25.5. The second kappa shape index (κ2) is 6.31. The lowest BCUT2D eigenvalue weighted by Gasteiger charge is -2.16. The maximum atomic E-state index is 13.6. The predicted molar refractivity (Wildman–Crippen MR) is 81.2 cm³/mol. The van der Waals surface area contributed by atoms with Crippen molar-refractivity contribution in [2.45, 2.75) is 25.3 Å². The van der Waals surface area contributed by atoms with Crippen molar-refractivity contribution in [3.05, 3.63) is 28.8 Å². The molecule has 3 amide bonds. The number of anilines is 1. The summed E-state index contributed by atoms with van der Waals surface area (Å²) in [6.07, 6.45) is 2.51. The molecule has 0 aromatic heterocycles. The summed E-state index contributed by atoms with van der Waals surface area (Å²) < 4.78 is 26.5. The lowest BCUT2D eigenvalue weighted by molar-refractivity contribution is -0.128. The highest BCUT2D eigenvalue weighted by atomic mass is 35.5. The monoisotopic (exact) mass is 343 g/mol. The molecule has 8 heteroatoms. The molecule has 1 atom stereocenters. The molecule has 1 aliphatic carbocycles. The van der Waals surface area contributed by atoms with E-state index in [1.165, 1.54) is 0 Å². The smallest absolute Gasteiger partial charge is 0.319 e. The fraction of sp³-hybridized carbons (Fsp3) is 0.467. The molecule has 2 N–H and O–H groups in total. The van der Waals surface area contributed by atoms with Gasteiger partial charge in [-0.05, 0) is 18.9 Å².